The van der Waals surface area contributed by atoms with Gasteiger partial charge < -0.3 is 4.74 Å². The van der Waals surface area contributed by atoms with Crippen LogP contribution in [0.4, 0.5) is 0 Å². The van der Waals surface area contributed by atoms with Crippen LogP contribution in [-0.4, -0.2) is 0 Å². The summed E-state index contributed by atoms with van der Waals surface area (Å²) >= 11 is 5.56. The average molecular weight is 209 g/mol. The number of halogens is 1. The van der Waals surface area contributed by atoms with Gasteiger partial charge in [0.05, 0.1) is 12.5 Å². The van der Waals surface area contributed by atoms with Gasteiger partial charge in [0, 0.05) is 5.56 Å². The van der Waals surface area contributed by atoms with Crippen molar-refractivity contribution in [1.82, 2.24) is 0 Å². The van der Waals surface area contributed by atoms with Gasteiger partial charge in [0.15, 0.2) is 0 Å². The summed E-state index contributed by atoms with van der Waals surface area (Å²) < 4.78 is 4.80. The lowest BCUT2D eigenvalue weighted by molar-refractivity contribution is 0.398. The number of hydrogen-bond acceptors (Lipinski definition) is 3. The van der Waals surface area contributed by atoms with Crippen LogP contribution in [0, 0.1) is 0 Å². The van der Waals surface area contributed by atoms with E-state index in [9.17, 15) is 9.59 Å². The van der Waals surface area contributed by atoms with Crippen molar-refractivity contribution < 1.29 is 4.74 Å². The molecule has 0 radical (unpaired) electrons. The maximum Gasteiger partial charge on any atom is 0.245 e. The first-order chi connectivity index (χ1) is 6.70. The van der Waals surface area contributed by atoms with Gasteiger partial charge in [-0.1, -0.05) is 11.6 Å². The van der Waals surface area contributed by atoms with Crippen molar-refractivity contribution in [3.8, 4) is 0 Å². The third-order valence-corrected chi connectivity index (χ3v) is 2.25. The minimum atomic E-state index is -0.612. The Labute approximate surface area is 84.3 Å². The van der Waals surface area contributed by atoms with E-state index in [-0.39, 0.29) is 10.6 Å². The minimum absolute atomic E-state index is 0.00999. The van der Waals surface area contributed by atoms with Crippen LogP contribution in [-0.2, 0) is 4.74 Å². The van der Waals surface area contributed by atoms with Crippen LogP contribution in [0.15, 0.2) is 39.8 Å². The molecule has 4 heteroatoms. The fourth-order valence-corrected chi connectivity index (χ4v) is 1.34. The lowest BCUT2D eigenvalue weighted by atomic mass is 10.1. The zero-order valence-electron chi connectivity index (χ0n) is 6.99. The molecule has 0 saturated heterocycles. The molecule has 1 heterocycles. The Morgan fingerprint density at radius 1 is 1.14 bits per heavy atom. The van der Waals surface area contributed by atoms with E-state index in [0.717, 1.165) is 5.57 Å². The van der Waals surface area contributed by atoms with Crippen LogP contribution >= 0.6 is 11.6 Å². The monoisotopic (exact) mass is 208 g/mol. The van der Waals surface area contributed by atoms with E-state index in [1.165, 1.54) is 12.5 Å². The molecule has 0 N–H and O–H groups in total. The molecule has 70 valence electrons. The largest absolute Gasteiger partial charge is 0.473 e. The summed E-state index contributed by atoms with van der Waals surface area (Å²) in [6, 6.07) is 0. The van der Waals surface area contributed by atoms with Crippen LogP contribution in [0.5, 0.6) is 0 Å². The van der Waals surface area contributed by atoms with Gasteiger partial charge in [-0.15, -0.1) is 0 Å². The van der Waals surface area contributed by atoms with Crippen molar-refractivity contribution in [2.24, 2.45) is 0 Å². The van der Waals surface area contributed by atoms with Crippen LogP contribution in [0.2, 0.25) is 5.02 Å². The minimum Gasteiger partial charge on any atom is -0.473 e. The van der Waals surface area contributed by atoms with Crippen LogP contribution in [0.3, 0.4) is 0 Å². The number of hydrogen-bond donors (Lipinski definition) is 0. The second kappa shape index (κ2) is 3.27. The summed E-state index contributed by atoms with van der Waals surface area (Å²) in [7, 11) is 0. The van der Waals surface area contributed by atoms with Gasteiger partial charge in [0.1, 0.15) is 5.02 Å². The molecule has 3 nitrogen and oxygen atoms in total. The van der Waals surface area contributed by atoms with Crippen molar-refractivity contribution in [2.45, 2.75) is 0 Å². The first-order valence-electron chi connectivity index (χ1n) is 3.89. The summed E-state index contributed by atoms with van der Waals surface area (Å²) in [6.45, 7) is 0. The summed E-state index contributed by atoms with van der Waals surface area (Å²) in [5.74, 6) is 0. The Balaban J connectivity index is 2.40. The molecular formula is C10H5ClO3. The topological polar surface area (TPSA) is 43.4 Å². The molecule has 0 saturated carbocycles. The predicted molar refractivity (Wildman–Crippen MR) is 53.7 cm³/mol. The van der Waals surface area contributed by atoms with Crippen molar-refractivity contribution in [1.29, 1.82) is 0 Å². The van der Waals surface area contributed by atoms with E-state index < -0.39 is 10.9 Å². The molecule has 0 unspecified atom stereocenters. The van der Waals surface area contributed by atoms with Crippen molar-refractivity contribution in [2.75, 3.05) is 0 Å². The van der Waals surface area contributed by atoms with Crippen molar-refractivity contribution in [3.05, 3.63) is 61.3 Å². The van der Waals surface area contributed by atoms with Gasteiger partial charge in [-0.2, -0.15) is 0 Å². The highest BCUT2D eigenvalue weighted by molar-refractivity contribution is 6.32. The molecule has 1 aliphatic rings. The van der Waals surface area contributed by atoms with Gasteiger partial charge in [0.2, 0.25) is 10.9 Å². The smallest absolute Gasteiger partial charge is 0.245 e. The third-order valence-electron chi connectivity index (χ3n) is 1.88. The molecule has 0 bridgehead atoms. The van der Waals surface area contributed by atoms with Crippen molar-refractivity contribution >= 4 is 17.7 Å². The first-order valence-corrected chi connectivity index (χ1v) is 4.27. The molecule has 0 spiro atoms. The average Bonchev–Trinajstić information content (AvgIpc) is 2.26. The molecule has 1 aliphatic heterocycles. The van der Waals surface area contributed by atoms with Crippen LogP contribution in [0.1, 0.15) is 5.56 Å². The standard InChI is InChI=1S/C10H5ClO3/c11-8-7(9(12)10(8)13)5-6-1-3-14-4-2-6/h1-5H. The summed E-state index contributed by atoms with van der Waals surface area (Å²) in [6.07, 6.45) is 7.86. The van der Waals surface area contributed by atoms with E-state index in [0.29, 0.717) is 0 Å². The second-order valence-corrected chi connectivity index (χ2v) is 3.15. The Morgan fingerprint density at radius 3 is 2.36 bits per heavy atom. The van der Waals surface area contributed by atoms with E-state index in [1.54, 1.807) is 18.2 Å². The maximum atomic E-state index is 11.0. The van der Waals surface area contributed by atoms with Gasteiger partial charge in [-0.05, 0) is 23.8 Å². The lowest BCUT2D eigenvalue weighted by Crippen LogP contribution is -2.34. The molecule has 0 amide bonds. The van der Waals surface area contributed by atoms with Gasteiger partial charge >= 0.3 is 0 Å². The van der Waals surface area contributed by atoms with Gasteiger partial charge in [-0.3, -0.25) is 9.59 Å². The zero-order valence-corrected chi connectivity index (χ0v) is 7.75. The molecular weight excluding hydrogens is 204 g/mol. The Hall–Kier alpha value is -1.61. The normalized spacial score (nSPS) is 14.5. The maximum absolute atomic E-state index is 11.0. The molecule has 0 aliphatic carbocycles. The molecule has 2 rings (SSSR count). The molecule has 1 aromatic rings. The number of allylic oxidation sites excluding steroid dienone is 3. The molecule has 0 fully saturated rings. The van der Waals surface area contributed by atoms with E-state index in [4.69, 9.17) is 16.3 Å². The highest BCUT2D eigenvalue weighted by atomic mass is 35.5. The fraction of sp³-hybridized carbons (Fsp3) is 0. The Morgan fingerprint density at radius 2 is 1.79 bits per heavy atom. The fourth-order valence-electron chi connectivity index (χ4n) is 1.11. The highest BCUT2D eigenvalue weighted by Gasteiger charge is 2.16. The quantitative estimate of drug-likeness (QED) is 0.655. The van der Waals surface area contributed by atoms with Gasteiger partial charge in [-0.25, -0.2) is 0 Å². The SMILES string of the molecule is O=c1c(Cl)c(C=C2C=COC=C2)c1=O. The highest BCUT2D eigenvalue weighted by Crippen LogP contribution is 2.15. The number of ether oxygens (including phenoxy) is 1. The van der Waals surface area contributed by atoms with E-state index in [2.05, 4.69) is 0 Å². The third kappa shape index (κ3) is 1.32. The van der Waals surface area contributed by atoms with Crippen molar-refractivity contribution in [3.63, 3.8) is 0 Å². The molecule has 0 atom stereocenters. The van der Waals surface area contributed by atoms with Gasteiger partial charge in [0.25, 0.3) is 0 Å². The zero-order chi connectivity index (χ0) is 10.1. The summed E-state index contributed by atoms with van der Waals surface area (Å²) in [5, 5.41) is 0.00999. The Bertz CT molecular complexity index is 514. The second-order valence-electron chi connectivity index (χ2n) is 2.77. The lowest BCUT2D eigenvalue weighted by Gasteiger charge is -2.03. The Kier molecular flexibility index (Phi) is 2.09. The first kappa shape index (κ1) is 8.97. The van der Waals surface area contributed by atoms with E-state index in [1.807, 2.05) is 0 Å². The van der Waals surface area contributed by atoms with E-state index >= 15 is 0 Å². The number of rotatable bonds is 1. The molecule has 14 heavy (non-hydrogen) atoms. The summed E-state index contributed by atoms with van der Waals surface area (Å²) in [4.78, 5) is 21.8. The summed E-state index contributed by atoms with van der Waals surface area (Å²) in [5.41, 5.74) is -0.109. The predicted octanol–water partition coefficient (Wildman–Crippen LogP) is 1.38. The molecule has 1 aromatic carbocycles. The van der Waals surface area contributed by atoms with Crippen LogP contribution in [0.25, 0.3) is 6.08 Å². The molecule has 0 aromatic heterocycles. The van der Waals surface area contributed by atoms with Crippen LogP contribution < -0.4 is 10.9 Å².